The molecule has 2 unspecified atom stereocenters. The van der Waals surface area contributed by atoms with Crippen molar-refractivity contribution in [2.24, 2.45) is 0 Å². The van der Waals surface area contributed by atoms with Gasteiger partial charge < -0.3 is 19.2 Å². The van der Waals surface area contributed by atoms with E-state index in [2.05, 4.69) is 9.97 Å². The van der Waals surface area contributed by atoms with Crippen LogP contribution < -0.4 is 11.2 Å². The zero-order chi connectivity index (χ0) is 16.6. The van der Waals surface area contributed by atoms with Crippen molar-refractivity contribution in [2.75, 3.05) is 20.8 Å². The average Bonchev–Trinajstić information content (AvgIpc) is 2.82. The van der Waals surface area contributed by atoms with Crippen LogP contribution in [0.2, 0.25) is 0 Å². The molecule has 0 amide bonds. The van der Waals surface area contributed by atoms with Crippen LogP contribution in [0, 0.1) is 0 Å². The van der Waals surface area contributed by atoms with E-state index in [0.717, 1.165) is 4.57 Å². The summed E-state index contributed by atoms with van der Waals surface area (Å²) in [6.45, 7) is 0.137. The van der Waals surface area contributed by atoms with Crippen LogP contribution in [0.1, 0.15) is 6.23 Å². The van der Waals surface area contributed by atoms with Crippen molar-refractivity contribution in [1.82, 2.24) is 14.5 Å². The normalized spacial score (nSPS) is 27.6. The topological polar surface area (TPSA) is 95.4 Å². The van der Waals surface area contributed by atoms with Gasteiger partial charge in [-0.1, -0.05) is 0 Å². The number of ether oxygens (including phenoxy) is 3. The maximum absolute atomic E-state index is 14.6. The number of pyridine rings is 1. The zero-order valence-corrected chi connectivity index (χ0v) is 12.6. The monoisotopic (exact) mass is 325 g/mol. The molecule has 2 aromatic heterocycles. The molecule has 3 heterocycles. The lowest BCUT2D eigenvalue weighted by Gasteiger charge is -2.16. The largest absolute Gasteiger partial charge is 0.382 e. The lowest BCUT2D eigenvalue weighted by molar-refractivity contribution is -0.0623. The highest BCUT2D eigenvalue weighted by Crippen LogP contribution is 2.33. The second-order valence-corrected chi connectivity index (χ2v) is 5.22. The highest BCUT2D eigenvalue weighted by molar-refractivity contribution is 5.72. The number of aromatic nitrogens is 3. The molecule has 1 saturated heterocycles. The first kappa shape index (κ1) is 15.8. The molecule has 1 aliphatic heterocycles. The maximum Gasteiger partial charge on any atom is 0.351 e. The van der Waals surface area contributed by atoms with Crippen LogP contribution >= 0.6 is 0 Å². The highest BCUT2D eigenvalue weighted by atomic mass is 19.1. The Bertz CT molecular complexity index is 820. The molecule has 0 aliphatic carbocycles. The molecule has 8 nitrogen and oxygen atoms in total. The number of nitrogens with zero attached hydrogens (tertiary/aromatic N) is 2. The smallest absolute Gasteiger partial charge is 0.351 e. The fraction of sp³-hybridized carbons (Fsp3) is 0.500. The zero-order valence-electron chi connectivity index (χ0n) is 12.6. The molecule has 0 aromatic carbocycles. The number of hydrogen-bond acceptors (Lipinski definition) is 6. The van der Waals surface area contributed by atoms with Crippen molar-refractivity contribution in [2.45, 2.75) is 24.6 Å². The van der Waals surface area contributed by atoms with Crippen LogP contribution in [-0.2, 0) is 14.2 Å². The molecular weight excluding hydrogens is 309 g/mol. The number of methoxy groups -OCH3 is 2. The van der Waals surface area contributed by atoms with Gasteiger partial charge in [0, 0.05) is 31.9 Å². The van der Waals surface area contributed by atoms with Gasteiger partial charge in [0.2, 0.25) is 5.56 Å². The van der Waals surface area contributed by atoms with Gasteiger partial charge in [0.1, 0.15) is 17.9 Å². The lowest BCUT2D eigenvalue weighted by atomic mass is 10.1. The standard InChI is InChI=1S/C14H16FN3O5/c1-21-6-8-11(22-2)10(15)13(23-8)18-5-7-3-4-9(19)16-12(7)17-14(18)20/h3-5,8,10-11,13H,6H2,1-2H3,(H,16,17,19,20)/t8?,10?,11-,13-/m1/s1. The second kappa shape index (κ2) is 6.19. The first-order chi connectivity index (χ1) is 11.0. The van der Waals surface area contributed by atoms with Gasteiger partial charge >= 0.3 is 5.69 Å². The van der Waals surface area contributed by atoms with Gasteiger partial charge in [0.05, 0.1) is 6.61 Å². The minimum Gasteiger partial charge on any atom is -0.382 e. The molecule has 0 radical (unpaired) electrons. The van der Waals surface area contributed by atoms with Gasteiger partial charge in [0.25, 0.3) is 0 Å². The third-order valence-corrected chi connectivity index (χ3v) is 3.78. The van der Waals surface area contributed by atoms with E-state index in [-0.39, 0.29) is 17.8 Å². The third kappa shape index (κ3) is 2.78. The van der Waals surface area contributed by atoms with Gasteiger partial charge in [-0.25, -0.2) is 9.18 Å². The van der Waals surface area contributed by atoms with Crippen LogP contribution in [0.5, 0.6) is 0 Å². The predicted molar refractivity (Wildman–Crippen MR) is 78.1 cm³/mol. The summed E-state index contributed by atoms with van der Waals surface area (Å²) in [6.07, 6.45) is -2.81. The Hall–Kier alpha value is -2.10. The number of aromatic amines is 1. The average molecular weight is 325 g/mol. The summed E-state index contributed by atoms with van der Waals surface area (Å²) < 4.78 is 31.4. The Morgan fingerprint density at radius 2 is 2.17 bits per heavy atom. The van der Waals surface area contributed by atoms with Crippen LogP contribution in [0.4, 0.5) is 4.39 Å². The Morgan fingerprint density at radius 1 is 1.39 bits per heavy atom. The number of nitrogens with one attached hydrogen (secondary N) is 1. The van der Waals surface area contributed by atoms with E-state index >= 15 is 0 Å². The second-order valence-electron chi connectivity index (χ2n) is 5.22. The molecule has 0 spiro atoms. The summed E-state index contributed by atoms with van der Waals surface area (Å²) >= 11 is 0. The van der Waals surface area contributed by atoms with Gasteiger partial charge in [-0.2, -0.15) is 4.98 Å². The molecular formula is C14H16FN3O5. The maximum atomic E-state index is 14.6. The van der Waals surface area contributed by atoms with Crippen LogP contribution in [0.25, 0.3) is 11.0 Å². The predicted octanol–water partition coefficient (Wildman–Crippen LogP) is -0.0183. The van der Waals surface area contributed by atoms with Crippen molar-refractivity contribution in [3.05, 3.63) is 39.2 Å². The van der Waals surface area contributed by atoms with Crippen LogP contribution in [0.3, 0.4) is 0 Å². The number of H-pyrrole nitrogens is 1. The molecule has 23 heavy (non-hydrogen) atoms. The fourth-order valence-electron chi connectivity index (χ4n) is 2.71. The highest BCUT2D eigenvalue weighted by Gasteiger charge is 2.46. The lowest BCUT2D eigenvalue weighted by Crippen LogP contribution is -2.35. The van der Waals surface area contributed by atoms with Gasteiger partial charge in [0.15, 0.2) is 12.4 Å². The molecule has 2 aromatic rings. The summed E-state index contributed by atoms with van der Waals surface area (Å²) in [5.41, 5.74) is -0.953. The molecule has 9 heteroatoms. The summed E-state index contributed by atoms with van der Waals surface area (Å²) in [5, 5.41) is 0.490. The molecule has 0 bridgehead atoms. The molecule has 1 fully saturated rings. The van der Waals surface area contributed by atoms with Gasteiger partial charge in [-0.3, -0.25) is 9.36 Å². The molecule has 4 atom stereocenters. The van der Waals surface area contributed by atoms with Crippen molar-refractivity contribution in [1.29, 1.82) is 0 Å². The van der Waals surface area contributed by atoms with Crippen LogP contribution in [0.15, 0.2) is 27.9 Å². The number of rotatable bonds is 4. The van der Waals surface area contributed by atoms with Crippen molar-refractivity contribution in [3.8, 4) is 0 Å². The van der Waals surface area contributed by atoms with E-state index in [0.29, 0.717) is 5.39 Å². The summed E-state index contributed by atoms with van der Waals surface area (Å²) in [6, 6.07) is 2.80. The van der Waals surface area contributed by atoms with Crippen LogP contribution in [-0.4, -0.2) is 53.7 Å². The number of hydrogen-bond donors (Lipinski definition) is 1. The number of halogens is 1. The van der Waals surface area contributed by atoms with Gasteiger partial charge in [-0.05, 0) is 6.07 Å². The Morgan fingerprint density at radius 3 is 2.87 bits per heavy atom. The first-order valence-corrected chi connectivity index (χ1v) is 6.98. The Labute approximate surface area is 129 Å². The Balaban J connectivity index is 2.02. The number of fused-ring (bicyclic) bond motifs is 1. The fourth-order valence-corrected chi connectivity index (χ4v) is 2.71. The van der Waals surface area contributed by atoms with E-state index in [9.17, 15) is 14.0 Å². The molecule has 124 valence electrons. The third-order valence-electron chi connectivity index (χ3n) is 3.78. The summed E-state index contributed by atoms with van der Waals surface area (Å²) in [5.74, 6) is 0. The minimum atomic E-state index is -1.56. The molecule has 1 aliphatic rings. The van der Waals surface area contributed by atoms with E-state index in [4.69, 9.17) is 14.2 Å². The van der Waals surface area contributed by atoms with Crippen molar-refractivity contribution >= 4 is 11.0 Å². The van der Waals surface area contributed by atoms with E-state index in [1.807, 2.05) is 0 Å². The SMILES string of the molecule is COCC1O[C@@H](n2cc3ccc(=O)[nH]c3nc2=O)C(F)[C@@H]1OC. The van der Waals surface area contributed by atoms with E-state index < -0.39 is 30.3 Å². The van der Waals surface area contributed by atoms with Gasteiger partial charge in [-0.15, -0.1) is 0 Å². The summed E-state index contributed by atoms with van der Waals surface area (Å²) in [7, 11) is 2.84. The quantitative estimate of drug-likeness (QED) is 0.849. The molecule has 3 rings (SSSR count). The van der Waals surface area contributed by atoms with E-state index in [1.165, 1.54) is 32.5 Å². The summed E-state index contributed by atoms with van der Waals surface area (Å²) in [4.78, 5) is 29.6. The number of alkyl halides is 1. The molecule has 1 N–H and O–H groups in total. The molecule has 0 saturated carbocycles. The Kier molecular flexibility index (Phi) is 4.24. The van der Waals surface area contributed by atoms with E-state index in [1.54, 1.807) is 0 Å². The first-order valence-electron chi connectivity index (χ1n) is 6.98. The van der Waals surface area contributed by atoms with Crippen molar-refractivity contribution in [3.63, 3.8) is 0 Å². The minimum absolute atomic E-state index is 0.137. The van der Waals surface area contributed by atoms with Crippen molar-refractivity contribution < 1.29 is 18.6 Å².